The first-order chi connectivity index (χ1) is 14.9. The Morgan fingerprint density at radius 3 is 1.74 bits per heavy atom. The van der Waals surface area contributed by atoms with Crippen LogP contribution in [0.3, 0.4) is 0 Å². The number of carbonyl (C=O) groups is 1. The first kappa shape index (κ1) is 27.5. The first-order valence-corrected chi connectivity index (χ1v) is 11.5. The lowest BCUT2D eigenvalue weighted by molar-refractivity contribution is -0.233. The van der Waals surface area contributed by atoms with E-state index >= 15 is 0 Å². The predicted molar refractivity (Wildman–Crippen MR) is 119 cm³/mol. The molecule has 0 aromatic heterocycles. The fourth-order valence-electron chi connectivity index (χ4n) is 3.41. The molecule has 0 spiro atoms. The van der Waals surface area contributed by atoms with Crippen molar-refractivity contribution in [2.45, 2.75) is 108 Å². The number of aliphatic hydroxyl groups excluding tert-OH is 5. The van der Waals surface area contributed by atoms with E-state index in [1.54, 1.807) is 0 Å². The monoisotopic (exact) mass is 440 g/mol. The summed E-state index contributed by atoms with van der Waals surface area (Å²) in [6, 6.07) is 0. The van der Waals surface area contributed by atoms with E-state index in [0.29, 0.717) is 6.42 Å². The van der Waals surface area contributed by atoms with Gasteiger partial charge in [-0.1, -0.05) is 75.5 Å². The van der Waals surface area contributed by atoms with Crippen LogP contribution in [0.5, 0.6) is 0 Å². The van der Waals surface area contributed by atoms with Gasteiger partial charge in [-0.3, -0.25) is 4.79 Å². The molecule has 7 nitrogen and oxygen atoms in total. The van der Waals surface area contributed by atoms with Crippen molar-refractivity contribution in [3.63, 3.8) is 0 Å². The highest BCUT2D eigenvalue weighted by Gasteiger charge is 2.50. The van der Waals surface area contributed by atoms with E-state index < -0.39 is 42.6 Å². The molecule has 31 heavy (non-hydrogen) atoms. The standard InChI is InChI=1S/C24H40O7/c1-2-3-4-5-6-7-8-9-10-11-12-13-14-15-16-17-18(25)31-24-22(29)20(27)19(26)21(28)23(24)30/h5-10,19-24,26-30H,2-4,11-17H2,1H3. The second-order valence-electron chi connectivity index (χ2n) is 8.10. The van der Waals surface area contributed by atoms with Crippen molar-refractivity contribution < 1.29 is 35.1 Å². The molecule has 0 saturated heterocycles. The van der Waals surface area contributed by atoms with Gasteiger partial charge in [0.15, 0.2) is 6.10 Å². The average molecular weight is 441 g/mol. The predicted octanol–water partition coefficient (Wildman–Crippen LogP) is 2.31. The molecule has 7 heteroatoms. The maximum Gasteiger partial charge on any atom is 0.306 e. The van der Waals surface area contributed by atoms with Crippen LogP contribution in [-0.2, 0) is 9.53 Å². The van der Waals surface area contributed by atoms with Crippen molar-refractivity contribution in [3.8, 4) is 0 Å². The van der Waals surface area contributed by atoms with Gasteiger partial charge in [-0.2, -0.15) is 0 Å². The van der Waals surface area contributed by atoms with Crippen LogP contribution in [0.15, 0.2) is 36.5 Å². The first-order valence-electron chi connectivity index (χ1n) is 11.5. The van der Waals surface area contributed by atoms with Crippen LogP contribution in [-0.4, -0.2) is 68.1 Å². The summed E-state index contributed by atoms with van der Waals surface area (Å²) in [5.41, 5.74) is 0. The molecule has 0 aromatic rings. The Kier molecular flexibility index (Phi) is 14.4. The topological polar surface area (TPSA) is 127 Å². The van der Waals surface area contributed by atoms with Crippen LogP contribution in [0.1, 0.15) is 71.1 Å². The summed E-state index contributed by atoms with van der Waals surface area (Å²) in [5, 5.41) is 48.6. The number of unbranched alkanes of at least 4 members (excludes halogenated alkanes) is 7. The zero-order chi connectivity index (χ0) is 23.1. The average Bonchev–Trinajstić information content (AvgIpc) is 2.76. The van der Waals surface area contributed by atoms with Crippen molar-refractivity contribution in [1.29, 1.82) is 0 Å². The van der Waals surface area contributed by atoms with Crippen molar-refractivity contribution in [3.05, 3.63) is 36.5 Å². The quantitative estimate of drug-likeness (QED) is 0.159. The highest BCUT2D eigenvalue weighted by Crippen LogP contribution is 2.24. The summed E-state index contributed by atoms with van der Waals surface area (Å²) in [5.74, 6) is -0.614. The van der Waals surface area contributed by atoms with Gasteiger partial charge in [0.2, 0.25) is 0 Å². The molecule has 4 atom stereocenters. The largest absolute Gasteiger partial charge is 0.457 e. The molecule has 0 heterocycles. The zero-order valence-corrected chi connectivity index (χ0v) is 18.6. The smallest absolute Gasteiger partial charge is 0.306 e. The third-order valence-corrected chi connectivity index (χ3v) is 5.42. The Morgan fingerprint density at radius 2 is 1.16 bits per heavy atom. The molecule has 4 unspecified atom stereocenters. The molecule has 5 N–H and O–H groups in total. The van der Waals surface area contributed by atoms with Crippen molar-refractivity contribution in [2.24, 2.45) is 0 Å². The molecule has 0 radical (unpaired) electrons. The number of aliphatic hydroxyl groups is 5. The molecule has 0 aromatic carbocycles. The minimum absolute atomic E-state index is 0.126. The summed E-state index contributed by atoms with van der Waals surface area (Å²) in [6.45, 7) is 2.18. The second-order valence-corrected chi connectivity index (χ2v) is 8.10. The van der Waals surface area contributed by atoms with Gasteiger partial charge in [0, 0.05) is 6.42 Å². The Bertz CT molecular complexity index is 556. The Morgan fingerprint density at radius 1 is 0.677 bits per heavy atom. The highest BCUT2D eigenvalue weighted by atomic mass is 16.6. The van der Waals surface area contributed by atoms with Gasteiger partial charge in [0.1, 0.15) is 30.5 Å². The van der Waals surface area contributed by atoms with E-state index in [2.05, 4.69) is 31.2 Å². The lowest BCUT2D eigenvalue weighted by Crippen LogP contribution is -2.64. The van der Waals surface area contributed by atoms with E-state index in [-0.39, 0.29) is 6.42 Å². The third-order valence-electron chi connectivity index (χ3n) is 5.42. The van der Waals surface area contributed by atoms with Crippen LogP contribution >= 0.6 is 0 Å². The molecule has 0 bridgehead atoms. The third kappa shape index (κ3) is 10.6. The lowest BCUT2D eigenvalue weighted by atomic mass is 9.85. The molecule has 0 aliphatic heterocycles. The molecular formula is C24H40O7. The Balaban J connectivity index is 2.09. The van der Waals surface area contributed by atoms with Crippen LogP contribution in [0.25, 0.3) is 0 Å². The Labute approximate surface area is 185 Å². The van der Waals surface area contributed by atoms with E-state index in [1.807, 2.05) is 12.2 Å². The SMILES string of the molecule is CCCCC=CC=CC=CCCCCCCCC(=O)OC1C(O)C(O)C(O)C(O)C1O. The molecule has 1 fully saturated rings. The molecule has 1 rings (SSSR count). The molecule has 178 valence electrons. The number of rotatable bonds is 14. The van der Waals surface area contributed by atoms with Crippen LogP contribution in [0.2, 0.25) is 0 Å². The number of ether oxygens (including phenoxy) is 1. The van der Waals surface area contributed by atoms with E-state index in [1.165, 1.54) is 12.8 Å². The maximum atomic E-state index is 11.9. The fraction of sp³-hybridized carbons (Fsp3) is 0.708. The second kappa shape index (κ2) is 16.2. The van der Waals surface area contributed by atoms with Gasteiger partial charge in [-0.25, -0.2) is 0 Å². The van der Waals surface area contributed by atoms with Crippen molar-refractivity contribution in [1.82, 2.24) is 0 Å². The molecule has 1 saturated carbocycles. The van der Waals surface area contributed by atoms with Gasteiger partial charge in [0.05, 0.1) is 0 Å². The minimum Gasteiger partial charge on any atom is -0.457 e. The Hall–Kier alpha value is -1.51. The van der Waals surface area contributed by atoms with E-state index in [9.17, 15) is 30.3 Å². The molecular weight excluding hydrogens is 400 g/mol. The summed E-state index contributed by atoms with van der Waals surface area (Å²) < 4.78 is 5.03. The van der Waals surface area contributed by atoms with E-state index in [4.69, 9.17) is 4.74 Å². The van der Waals surface area contributed by atoms with Crippen LogP contribution < -0.4 is 0 Å². The number of allylic oxidation sites excluding steroid dienone is 6. The highest BCUT2D eigenvalue weighted by molar-refractivity contribution is 5.69. The summed E-state index contributed by atoms with van der Waals surface area (Å²) >= 11 is 0. The van der Waals surface area contributed by atoms with Crippen molar-refractivity contribution in [2.75, 3.05) is 0 Å². The zero-order valence-electron chi connectivity index (χ0n) is 18.6. The maximum absolute atomic E-state index is 11.9. The lowest BCUT2D eigenvalue weighted by Gasteiger charge is -2.41. The van der Waals surface area contributed by atoms with E-state index in [0.717, 1.165) is 38.5 Å². The van der Waals surface area contributed by atoms with Crippen molar-refractivity contribution >= 4 is 5.97 Å². The van der Waals surface area contributed by atoms with Gasteiger partial charge in [0.25, 0.3) is 0 Å². The van der Waals surface area contributed by atoms with Gasteiger partial charge < -0.3 is 30.3 Å². The van der Waals surface area contributed by atoms with Gasteiger partial charge in [-0.15, -0.1) is 0 Å². The summed E-state index contributed by atoms with van der Waals surface area (Å²) in [7, 11) is 0. The molecule has 0 amide bonds. The summed E-state index contributed by atoms with van der Waals surface area (Å²) in [4.78, 5) is 11.9. The number of esters is 1. The minimum atomic E-state index is -1.70. The van der Waals surface area contributed by atoms with Crippen LogP contribution in [0.4, 0.5) is 0 Å². The van der Waals surface area contributed by atoms with Crippen LogP contribution in [0, 0.1) is 0 Å². The van der Waals surface area contributed by atoms with Gasteiger partial charge >= 0.3 is 5.97 Å². The number of carbonyl (C=O) groups excluding carboxylic acids is 1. The summed E-state index contributed by atoms with van der Waals surface area (Å²) in [6.07, 6.45) is 12.0. The molecule has 1 aliphatic rings. The number of hydrogen-bond donors (Lipinski definition) is 5. The van der Waals surface area contributed by atoms with Gasteiger partial charge in [-0.05, 0) is 25.7 Å². The number of hydrogen-bond acceptors (Lipinski definition) is 7. The molecule has 1 aliphatic carbocycles. The fourth-order valence-corrected chi connectivity index (χ4v) is 3.41. The normalized spacial score (nSPS) is 29.4.